The molecule has 1 aromatic rings. The molecule has 2 unspecified atom stereocenters. The Morgan fingerprint density at radius 1 is 1.53 bits per heavy atom. The van der Waals surface area contributed by atoms with Crippen LogP contribution >= 0.6 is 0 Å². The molecule has 104 valence electrons. The zero-order chi connectivity index (χ0) is 13.5. The summed E-state index contributed by atoms with van der Waals surface area (Å²) in [6, 6.07) is 3.81. The quantitative estimate of drug-likeness (QED) is 0.776. The number of hydrogen-bond acceptors (Lipinski definition) is 2. The molecule has 4 nitrogen and oxygen atoms in total. The second kappa shape index (κ2) is 4.67. The maximum absolute atomic E-state index is 12.6. The summed E-state index contributed by atoms with van der Waals surface area (Å²) in [5.74, 6) is 0.750. The molecule has 0 radical (unpaired) electrons. The highest BCUT2D eigenvalue weighted by molar-refractivity contribution is 5.92. The second-order valence-corrected chi connectivity index (χ2v) is 6.14. The molecular weight excluding hydrogens is 240 g/mol. The van der Waals surface area contributed by atoms with Crippen molar-refractivity contribution in [2.24, 2.45) is 13.0 Å². The molecule has 3 heterocycles. The number of likely N-dealkylation sites (tertiary alicyclic amines) is 1. The van der Waals surface area contributed by atoms with Crippen molar-refractivity contribution < 1.29 is 9.53 Å². The lowest BCUT2D eigenvalue weighted by Gasteiger charge is -2.39. The minimum absolute atomic E-state index is 0.0709. The van der Waals surface area contributed by atoms with E-state index in [2.05, 4.69) is 6.92 Å². The van der Waals surface area contributed by atoms with Crippen LogP contribution in [0.25, 0.3) is 0 Å². The van der Waals surface area contributed by atoms with Crippen molar-refractivity contribution in [2.75, 3.05) is 19.7 Å². The van der Waals surface area contributed by atoms with Crippen molar-refractivity contribution in [3.8, 4) is 0 Å². The van der Waals surface area contributed by atoms with Gasteiger partial charge in [0.2, 0.25) is 0 Å². The molecule has 2 saturated heterocycles. The fourth-order valence-corrected chi connectivity index (χ4v) is 3.47. The van der Waals surface area contributed by atoms with Gasteiger partial charge < -0.3 is 14.2 Å². The van der Waals surface area contributed by atoms with E-state index in [1.807, 2.05) is 34.8 Å². The van der Waals surface area contributed by atoms with Gasteiger partial charge in [-0.2, -0.15) is 0 Å². The van der Waals surface area contributed by atoms with Crippen molar-refractivity contribution in [3.05, 3.63) is 24.0 Å². The predicted octanol–water partition coefficient (Wildman–Crippen LogP) is 2.06. The first kappa shape index (κ1) is 12.7. The summed E-state index contributed by atoms with van der Waals surface area (Å²) in [7, 11) is 1.92. The number of aromatic nitrogens is 1. The van der Waals surface area contributed by atoms with Crippen LogP contribution in [0, 0.1) is 5.92 Å². The van der Waals surface area contributed by atoms with E-state index in [1.54, 1.807) is 0 Å². The summed E-state index contributed by atoms with van der Waals surface area (Å²) in [5.41, 5.74) is 0.696. The van der Waals surface area contributed by atoms with Crippen LogP contribution in [0.4, 0.5) is 0 Å². The Balaban J connectivity index is 1.75. The summed E-state index contributed by atoms with van der Waals surface area (Å²) in [6.45, 7) is 4.67. The number of hydrogen-bond donors (Lipinski definition) is 0. The van der Waals surface area contributed by atoms with Gasteiger partial charge in [0.15, 0.2) is 0 Å². The number of piperidine rings is 1. The lowest BCUT2D eigenvalue weighted by molar-refractivity contribution is -0.0451. The average Bonchev–Trinajstić information content (AvgIpc) is 2.96. The number of aryl methyl sites for hydroxylation is 1. The standard InChI is InChI=1S/C15H22N2O2/c1-12-9-15(19-10-12)6-4-8-17(11-15)14(18)13-5-3-7-16(13)2/h3,5,7,12H,4,6,8-11H2,1-2H3. The molecule has 2 aliphatic heterocycles. The first-order valence-corrected chi connectivity index (χ1v) is 7.14. The average molecular weight is 262 g/mol. The first-order valence-electron chi connectivity index (χ1n) is 7.14. The van der Waals surface area contributed by atoms with Crippen LogP contribution < -0.4 is 0 Å². The molecule has 4 heteroatoms. The normalized spacial score (nSPS) is 31.1. The number of rotatable bonds is 1. The largest absolute Gasteiger partial charge is 0.373 e. The van der Waals surface area contributed by atoms with Crippen LogP contribution in [-0.4, -0.2) is 40.7 Å². The van der Waals surface area contributed by atoms with Crippen molar-refractivity contribution in [3.63, 3.8) is 0 Å². The molecule has 19 heavy (non-hydrogen) atoms. The highest BCUT2D eigenvalue weighted by atomic mass is 16.5. The molecule has 2 fully saturated rings. The lowest BCUT2D eigenvalue weighted by Crippen LogP contribution is -2.50. The van der Waals surface area contributed by atoms with E-state index in [1.165, 1.54) is 0 Å². The van der Waals surface area contributed by atoms with Gasteiger partial charge in [-0.25, -0.2) is 0 Å². The van der Waals surface area contributed by atoms with E-state index in [0.29, 0.717) is 5.92 Å². The van der Waals surface area contributed by atoms with Gasteiger partial charge in [0, 0.05) is 19.8 Å². The summed E-state index contributed by atoms with van der Waals surface area (Å²) in [6.07, 6.45) is 5.14. The lowest BCUT2D eigenvalue weighted by atomic mass is 9.87. The summed E-state index contributed by atoms with van der Waals surface area (Å²) in [4.78, 5) is 14.5. The van der Waals surface area contributed by atoms with Crippen LogP contribution in [-0.2, 0) is 11.8 Å². The van der Waals surface area contributed by atoms with Gasteiger partial charge in [-0.3, -0.25) is 4.79 Å². The summed E-state index contributed by atoms with van der Waals surface area (Å²) < 4.78 is 7.91. The molecule has 1 spiro atoms. The van der Waals surface area contributed by atoms with Gasteiger partial charge >= 0.3 is 0 Å². The highest BCUT2D eigenvalue weighted by Gasteiger charge is 2.43. The van der Waals surface area contributed by atoms with Crippen molar-refractivity contribution in [1.82, 2.24) is 9.47 Å². The van der Waals surface area contributed by atoms with E-state index >= 15 is 0 Å². The molecule has 2 aliphatic rings. The molecule has 0 saturated carbocycles. The summed E-state index contributed by atoms with van der Waals surface area (Å²) in [5, 5.41) is 0. The summed E-state index contributed by atoms with van der Waals surface area (Å²) >= 11 is 0. The van der Waals surface area contributed by atoms with E-state index in [9.17, 15) is 4.79 Å². The van der Waals surface area contributed by atoms with E-state index in [-0.39, 0.29) is 11.5 Å². The molecule has 3 rings (SSSR count). The molecule has 0 aromatic carbocycles. The zero-order valence-electron chi connectivity index (χ0n) is 11.8. The number of amides is 1. The minimum atomic E-state index is -0.0709. The van der Waals surface area contributed by atoms with Gasteiger partial charge in [-0.15, -0.1) is 0 Å². The topological polar surface area (TPSA) is 34.5 Å². The fourth-order valence-electron chi connectivity index (χ4n) is 3.47. The fraction of sp³-hybridized carbons (Fsp3) is 0.667. The smallest absolute Gasteiger partial charge is 0.270 e. The van der Waals surface area contributed by atoms with Crippen LogP contribution in [0.5, 0.6) is 0 Å². The molecule has 0 bridgehead atoms. The second-order valence-electron chi connectivity index (χ2n) is 6.14. The van der Waals surface area contributed by atoms with E-state index in [0.717, 1.165) is 44.7 Å². The van der Waals surface area contributed by atoms with E-state index < -0.39 is 0 Å². The Morgan fingerprint density at radius 2 is 2.37 bits per heavy atom. The van der Waals surface area contributed by atoms with Crippen LogP contribution in [0.1, 0.15) is 36.7 Å². The molecule has 1 amide bonds. The number of carbonyl (C=O) groups excluding carboxylic acids is 1. The highest BCUT2D eigenvalue weighted by Crippen LogP contribution is 2.37. The molecular formula is C15H22N2O2. The molecule has 0 aliphatic carbocycles. The third kappa shape index (κ3) is 2.29. The van der Waals surface area contributed by atoms with Crippen molar-refractivity contribution in [1.29, 1.82) is 0 Å². The number of ether oxygens (including phenoxy) is 1. The maximum Gasteiger partial charge on any atom is 0.270 e. The molecule has 2 atom stereocenters. The van der Waals surface area contributed by atoms with Crippen molar-refractivity contribution >= 4 is 5.91 Å². The van der Waals surface area contributed by atoms with Gasteiger partial charge in [-0.1, -0.05) is 6.92 Å². The first-order chi connectivity index (χ1) is 9.10. The molecule has 1 aromatic heterocycles. The Labute approximate surface area is 114 Å². The Kier molecular flexibility index (Phi) is 3.13. The predicted molar refractivity (Wildman–Crippen MR) is 73.0 cm³/mol. The van der Waals surface area contributed by atoms with Crippen LogP contribution in [0.2, 0.25) is 0 Å². The monoisotopic (exact) mass is 262 g/mol. The van der Waals surface area contributed by atoms with Gasteiger partial charge in [0.05, 0.1) is 18.8 Å². The van der Waals surface area contributed by atoms with Crippen molar-refractivity contribution in [2.45, 2.75) is 31.8 Å². The number of nitrogens with zero attached hydrogens (tertiary/aromatic N) is 2. The zero-order valence-corrected chi connectivity index (χ0v) is 11.8. The third-order valence-electron chi connectivity index (χ3n) is 4.38. The van der Waals surface area contributed by atoms with Crippen LogP contribution in [0.3, 0.4) is 0 Å². The minimum Gasteiger partial charge on any atom is -0.373 e. The van der Waals surface area contributed by atoms with Gasteiger partial charge in [0.1, 0.15) is 5.69 Å². The Hall–Kier alpha value is -1.29. The van der Waals surface area contributed by atoms with Crippen LogP contribution in [0.15, 0.2) is 18.3 Å². The molecule has 0 N–H and O–H groups in total. The SMILES string of the molecule is CC1COC2(CCCN(C(=O)c3cccn3C)C2)C1. The Bertz CT molecular complexity index is 478. The third-order valence-corrected chi connectivity index (χ3v) is 4.38. The van der Waals surface area contributed by atoms with E-state index in [4.69, 9.17) is 4.74 Å². The number of carbonyl (C=O) groups is 1. The maximum atomic E-state index is 12.6. The van der Waals surface area contributed by atoms with Gasteiger partial charge in [-0.05, 0) is 37.3 Å². The van der Waals surface area contributed by atoms with Gasteiger partial charge in [0.25, 0.3) is 5.91 Å². The Morgan fingerprint density at radius 3 is 3.00 bits per heavy atom.